The summed E-state index contributed by atoms with van der Waals surface area (Å²) in [6, 6.07) is 0. The van der Waals surface area contributed by atoms with Gasteiger partial charge in [-0.2, -0.15) is 5.26 Å². The van der Waals surface area contributed by atoms with Gasteiger partial charge in [0, 0.05) is 12.6 Å². The Morgan fingerprint density at radius 2 is 2.27 bits per heavy atom. The van der Waals surface area contributed by atoms with Crippen LogP contribution in [-0.4, -0.2) is 20.8 Å². The number of imidazole rings is 1. The van der Waals surface area contributed by atoms with E-state index in [0.29, 0.717) is 12.1 Å². The van der Waals surface area contributed by atoms with Crippen molar-refractivity contribution in [2.45, 2.75) is 19.8 Å². The number of aromatic nitrogens is 2. The van der Waals surface area contributed by atoms with Gasteiger partial charge in [-0.25, -0.2) is 9.59 Å². The number of nitrogens with zero attached hydrogens (tertiary/aromatic N) is 1. The molecule has 0 aromatic rings. The highest BCUT2D eigenvalue weighted by Crippen LogP contribution is 2.04. The first-order chi connectivity index (χ1) is 7.10. The number of hydrogen-bond acceptors (Lipinski definition) is 5. The summed E-state index contributed by atoms with van der Waals surface area (Å²) in [6.45, 7) is 1.83. The number of rotatable bonds is 2. The lowest BCUT2D eigenvalue weighted by molar-refractivity contribution is -0.234. The van der Waals surface area contributed by atoms with Gasteiger partial charge in [0.1, 0.15) is 5.69 Å². The zero-order valence-corrected chi connectivity index (χ0v) is 8.02. The molecular weight excluding hydrogens is 204 g/mol. The first kappa shape index (κ1) is 11.2. The fourth-order valence-corrected chi connectivity index (χ4v) is 0.901. The van der Waals surface area contributed by atoms with Crippen LogP contribution in [0.25, 0.3) is 5.69 Å². The van der Waals surface area contributed by atoms with Crippen molar-refractivity contribution >= 4 is 5.97 Å². The SMILES string of the molecule is CCCC(=O)OO.O=c1[nH]c(=O)n2cc1-2. The normalized spacial score (nSPS) is 10.0. The minimum absolute atomic E-state index is 0.282. The maximum Gasteiger partial charge on any atom is 0.342 e. The highest BCUT2D eigenvalue weighted by molar-refractivity contribution is 5.68. The van der Waals surface area contributed by atoms with E-state index in [4.69, 9.17) is 5.26 Å². The van der Waals surface area contributed by atoms with E-state index < -0.39 is 5.97 Å². The molecule has 2 aliphatic heterocycles. The Morgan fingerprint density at radius 1 is 1.60 bits per heavy atom. The molecule has 7 nitrogen and oxygen atoms in total. The zero-order chi connectivity index (χ0) is 11.4. The summed E-state index contributed by atoms with van der Waals surface area (Å²) in [5.74, 6) is -0.567. The van der Waals surface area contributed by atoms with Crippen molar-refractivity contribution in [1.82, 2.24) is 9.55 Å². The fraction of sp³-hybridized carbons (Fsp3) is 0.375. The maximum absolute atomic E-state index is 10.4. The van der Waals surface area contributed by atoms with E-state index in [-0.39, 0.29) is 17.7 Å². The fourth-order valence-electron chi connectivity index (χ4n) is 0.901. The Morgan fingerprint density at radius 3 is 2.40 bits per heavy atom. The topological polar surface area (TPSA) is 101 Å². The molecule has 0 radical (unpaired) electrons. The molecule has 2 aliphatic rings. The molecule has 0 aromatic carbocycles. The zero-order valence-electron chi connectivity index (χ0n) is 8.02. The number of aromatic amines is 1. The third-order valence-corrected chi connectivity index (χ3v) is 1.67. The Balaban J connectivity index is 0.000000153. The predicted octanol–water partition coefficient (Wildman–Crippen LogP) is -0.358. The molecule has 0 aliphatic carbocycles. The molecule has 2 N–H and O–H groups in total. The third-order valence-electron chi connectivity index (χ3n) is 1.67. The number of H-pyrrole nitrogens is 1. The molecule has 0 fully saturated rings. The first-order valence-electron chi connectivity index (χ1n) is 4.30. The van der Waals surface area contributed by atoms with Gasteiger partial charge in [-0.15, -0.1) is 0 Å². The van der Waals surface area contributed by atoms with Crippen molar-refractivity contribution in [3.63, 3.8) is 0 Å². The summed E-state index contributed by atoms with van der Waals surface area (Å²) in [5, 5.41) is 7.62. The van der Waals surface area contributed by atoms with Crippen LogP contribution in [0.1, 0.15) is 19.8 Å². The van der Waals surface area contributed by atoms with Crippen LogP contribution < -0.4 is 11.2 Å². The lowest BCUT2D eigenvalue weighted by atomic mass is 10.3. The second-order valence-corrected chi connectivity index (χ2v) is 2.86. The van der Waals surface area contributed by atoms with Gasteiger partial charge < -0.3 is 4.89 Å². The maximum atomic E-state index is 10.4. The molecule has 0 aromatic heterocycles. The third kappa shape index (κ3) is 2.78. The molecule has 2 rings (SSSR count). The summed E-state index contributed by atoms with van der Waals surface area (Å²) in [4.78, 5) is 36.1. The van der Waals surface area contributed by atoms with E-state index in [1.54, 1.807) is 0 Å². The average molecular weight is 214 g/mol. The highest BCUT2D eigenvalue weighted by Gasteiger charge is 2.18. The Kier molecular flexibility index (Phi) is 3.40. The molecule has 0 saturated carbocycles. The molecule has 0 atom stereocenters. The van der Waals surface area contributed by atoms with Gasteiger partial charge in [0.15, 0.2) is 0 Å². The van der Waals surface area contributed by atoms with Crippen LogP contribution in [0.4, 0.5) is 0 Å². The molecule has 82 valence electrons. The Labute approximate surface area is 83.9 Å². The largest absolute Gasteiger partial charge is 0.342 e. The summed E-state index contributed by atoms with van der Waals surface area (Å²) < 4.78 is 1.28. The van der Waals surface area contributed by atoms with Gasteiger partial charge in [0.25, 0.3) is 5.56 Å². The van der Waals surface area contributed by atoms with Crippen LogP contribution in [0.2, 0.25) is 0 Å². The van der Waals surface area contributed by atoms with Gasteiger partial charge in [0.2, 0.25) is 0 Å². The summed E-state index contributed by atoms with van der Waals surface area (Å²) in [6.07, 6.45) is 2.50. The molecule has 0 saturated heterocycles. The quantitative estimate of drug-likeness (QED) is 0.525. The standard InChI is InChI=1S/C4H2N2O2.C4H8O3/c7-3-2-1-6(2)4(8)5-3;1-2-3-4(5)7-6/h1H,(H,5,7,8);6H,2-3H2,1H3. The van der Waals surface area contributed by atoms with Crippen molar-refractivity contribution in [2.24, 2.45) is 0 Å². The lowest BCUT2D eigenvalue weighted by Crippen LogP contribution is -2.09. The van der Waals surface area contributed by atoms with Crippen LogP contribution in [0.15, 0.2) is 15.8 Å². The Bertz CT molecular complexity index is 441. The number of hydrogen-bond donors (Lipinski definition) is 2. The summed E-state index contributed by atoms with van der Waals surface area (Å²) >= 11 is 0. The molecule has 0 bridgehead atoms. The van der Waals surface area contributed by atoms with Crippen molar-refractivity contribution in [3.05, 3.63) is 27.0 Å². The van der Waals surface area contributed by atoms with Crippen molar-refractivity contribution in [3.8, 4) is 5.69 Å². The van der Waals surface area contributed by atoms with Crippen molar-refractivity contribution in [1.29, 1.82) is 0 Å². The van der Waals surface area contributed by atoms with E-state index >= 15 is 0 Å². The molecule has 0 spiro atoms. The van der Waals surface area contributed by atoms with Gasteiger partial charge in [-0.1, -0.05) is 6.92 Å². The lowest BCUT2D eigenvalue weighted by Gasteiger charge is -1.87. The van der Waals surface area contributed by atoms with Crippen molar-refractivity contribution < 1.29 is 14.9 Å². The monoisotopic (exact) mass is 214 g/mol. The smallest absolute Gasteiger partial charge is 0.301 e. The predicted molar refractivity (Wildman–Crippen MR) is 49.8 cm³/mol. The molecule has 7 heteroatoms. The van der Waals surface area contributed by atoms with Gasteiger partial charge in [-0.3, -0.25) is 14.3 Å². The molecule has 15 heavy (non-hydrogen) atoms. The number of nitrogens with one attached hydrogen (secondary N) is 1. The first-order valence-corrected chi connectivity index (χ1v) is 4.30. The molecule has 2 heterocycles. The van der Waals surface area contributed by atoms with Crippen LogP contribution in [0.5, 0.6) is 0 Å². The minimum atomic E-state index is -0.567. The van der Waals surface area contributed by atoms with Crippen LogP contribution in [0, 0.1) is 0 Å². The van der Waals surface area contributed by atoms with Gasteiger partial charge in [0.05, 0.1) is 0 Å². The van der Waals surface area contributed by atoms with E-state index in [1.165, 1.54) is 10.8 Å². The molecule has 0 amide bonds. The molecular formula is C8H10N2O5. The summed E-state index contributed by atoms with van der Waals surface area (Å²) in [7, 11) is 0. The van der Waals surface area contributed by atoms with Crippen LogP contribution in [-0.2, 0) is 9.68 Å². The van der Waals surface area contributed by atoms with Crippen LogP contribution >= 0.6 is 0 Å². The number of carbonyl (C=O) groups is 1. The average Bonchev–Trinajstić information content (AvgIpc) is 2.93. The number of fused-ring (bicyclic) bond motifs is 1. The minimum Gasteiger partial charge on any atom is -0.301 e. The van der Waals surface area contributed by atoms with Gasteiger partial charge in [-0.05, 0) is 6.42 Å². The number of carbonyl (C=O) groups excluding carboxylic acids is 1. The van der Waals surface area contributed by atoms with Crippen molar-refractivity contribution in [2.75, 3.05) is 0 Å². The van der Waals surface area contributed by atoms with Crippen LogP contribution in [0.3, 0.4) is 0 Å². The molecule has 0 unspecified atom stereocenters. The van der Waals surface area contributed by atoms with E-state index in [0.717, 1.165) is 0 Å². The van der Waals surface area contributed by atoms with E-state index in [2.05, 4.69) is 9.87 Å². The van der Waals surface area contributed by atoms with E-state index in [9.17, 15) is 14.4 Å². The second-order valence-electron chi connectivity index (χ2n) is 2.86. The van der Waals surface area contributed by atoms with E-state index in [1.807, 2.05) is 6.92 Å². The summed E-state index contributed by atoms with van der Waals surface area (Å²) in [5.41, 5.74) is -0.130. The Hall–Kier alpha value is -1.89. The van der Waals surface area contributed by atoms with Gasteiger partial charge >= 0.3 is 11.7 Å². The highest BCUT2D eigenvalue weighted by atomic mass is 17.1. The second kappa shape index (κ2) is 4.56.